The number of nitrogens with one attached hydrogen (secondary N) is 2. The van der Waals surface area contributed by atoms with Crippen molar-refractivity contribution in [3.8, 4) is 5.75 Å². The molecule has 0 atom stereocenters. The minimum atomic E-state index is -0.668. The van der Waals surface area contributed by atoms with Crippen LogP contribution in [0.25, 0.3) is 0 Å². The van der Waals surface area contributed by atoms with E-state index in [9.17, 15) is 9.59 Å². The molecule has 3 rings (SSSR count). The van der Waals surface area contributed by atoms with E-state index in [1.165, 1.54) is 5.56 Å². The van der Waals surface area contributed by atoms with Gasteiger partial charge in [-0.05, 0) is 37.5 Å². The number of piperidine rings is 1. The van der Waals surface area contributed by atoms with Crippen molar-refractivity contribution in [1.29, 1.82) is 0 Å². The van der Waals surface area contributed by atoms with Gasteiger partial charge in [0.1, 0.15) is 5.75 Å². The number of ether oxygens (including phenoxy) is 1. The Bertz CT molecular complexity index is 787. The molecule has 0 spiro atoms. The van der Waals surface area contributed by atoms with Crippen molar-refractivity contribution in [3.63, 3.8) is 0 Å². The molecule has 6 heteroatoms. The van der Waals surface area contributed by atoms with E-state index in [0.717, 1.165) is 32.5 Å². The summed E-state index contributed by atoms with van der Waals surface area (Å²) in [4.78, 5) is 26.9. The SMILES string of the molecule is CCOc1ccccc1NC(=O)C(=O)NC1CCN(Cc2ccccc2)CC1. The lowest BCUT2D eigenvalue weighted by atomic mass is 10.0. The van der Waals surface area contributed by atoms with E-state index in [0.29, 0.717) is 18.0 Å². The molecule has 0 aromatic heterocycles. The first-order valence-electron chi connectivity index (χ1n) is 9.75. The van der Waals surface area contributed by atoms with Gasteiger partial charge in [0.15, 0.2) is 0 Å². The molecule has 0 aliphatic carbocycles. The summed E-state index contributed by atoms with van der Waals surface area (Å²) in [7, 11) is 0. The second-order valence-electron chi connectivity index (χ2n) is 6.89. The number of anilines is 1. The Labute approximate surface area is 165 Å². The second-order valence-corrected chi connectivity index (χ2v) is 6.89. The summed E-state index contributed by atoms with van der Waals surface area (Å²) in [5, 5.41) is 5.50. The molecule has 0 bridgehead atoms. The fourth-order valence-electron chi connectivity index (χ4n) is 3.36. The van der Waals surface area contributed by atoms with E-state index in [2.05, 4.69) is 27.7 Å². The van der Waals surface area contributed by atoms with Gasteiger partial charge in [0, 0.05) is 25.7 Å². The fourth-order valence-corrected chi connectivity index (χ4v) is 3.36. The van der Waals surface area contributed by atoms with Gasteiger partial charge in [0.05, 0.1) is 12.3 Å². The van der Waals surface area contributed by atoms with Crippen molar-refractivity contribution in [3.05, 3.63) is 60.2 Å². The van der Waals surface area contributed by atoms with Crippen molar-refractivity contribution < 1.29 is 14.3 Å². The van der Waals surface area contributed by atoms with Crippen LogP contribution in [0.1, 0.15) is 25.3 Å². The van der Waals surface area contributed by atoms with Gasteiger partial charge in [-0.25, -0.2) is 0 Å². The highest BCUT2D eigenvalue weighted by atomic mass is 16.5. The maximum absolute atomic E-state index is 12.3. The maximum atomic E-state index is 12.3. The van der Waals surface area contributed by atoms with E-state index >= 15 is 0 Å². The molecule has 2 aromatic rings. The topological polar surface area (TPSA) is 70.7 Å². The first-order chi connectivity index (χ1) is 13.7. The number of benzene rings is 2. The Hall–Kier alpha value is -2.86. The number of likely N-dealkylation sites (tertiary alicyclic amines) is 1. The molecule has 148 valence electrons. The van der Waals surface area contributed by atoms with Crippen molar-refractivity contribution in [1.82, 2.24) is 10.2 Å². The maximum Gasteiger partial charge on any atom is 0.313 e. The summed E-state index contributed by atoms with van der Waals surface area (Å²) in [5.41, 5.74) is 1.79. The van der Waals surface area contributed by atoms with Gasteiger partial charge in [0.25, 0.3) is 0 Å². The van der Waals surface area contributed by atoms with Crippen molar-refractivity contribution >= 4 is 17.5 Å². The minimum Gasteiger partial charge on any atom is -0.492 e. The highest BCUT2D eigenvalue weighted by molar-refractivity contribution is 6.39. The third kappa shape index (κ3) is 5.57. The highest BCUT2D eigenvalue weighted by Gasteiger charge is 2.24. The van der Waals surface area contributed by atoms with Crippen LogP contribution >= 0.6 is 0 Å². The fraction of sp³-hybridized carbons (Fsp3) is 0.364. The van der Waals surface area contributed by atoms with Gasteiger partial charge < -0.3 is 15.4 Å². The Morgan fingerprint density at radius 3 is 2.39 bits per heavy atom. The molecular weight excluding hydrogens is 354 g/mol. The Kier molecular flexibility index (Phi) is 7.03. The van der Waals surface area contributed by atoms with E-state index in [-0.39, 0.29) is 6.04 Å². The van der Waals surface area contributed by atoms with Crippen LogP contribution < -0.4 is 15.4 Å². The normalized spacial score (nSPS) is 15.0. The number of amides is 2. The summed E-state index contributed by atoms with van der Waals surface area (Å²) < 4.78 is 5.48. The third-order valence-electron chi connectivity index (χ3n) is 4.81. The monoisotopic (exact) mass is 381 g/mol. The van der Waals surface area contributed by atoms with Crippen LogP contribution in [0.2, 0.25) is 0 Å². The quantitative estimate of drug-likeness (QED) is 0.755. The molecule has 1 aliphatic heterocycles. The average molecular weight is 381 g/mol. The van der Waals surface area contributed by atoms with Gasteiger partial charge in [-0.1, -0.05) is 42.5 Å². The molecule has 2 N–H and O–H groups in total. The predicted octanol–water partition coefficient (Wildman–Crippen LogP) is 2.80. The zero-order valence-electron chi connectivity index (χ0n) is 16.2. The van der Waals surface area contributed by atoms with Crippen LogP contribution in [0.3, 0.4) is 0 Å². The summed E-state index contributed by atoms with van der Waals surface area (Å²) in [6.45, 7) is 5.07. The van der Waals surface area contributed by atoms with Crippen LogP contribution in [0.4, 0.5) is 5.69 Å². The number of carbonyl (C=O) groups excluding carboxylic acids is 2. The van der Waals surface area contributed by atoms with Crippen LogP contribution in [0.15, 0.2) is 54.6 Å². The number of nitrogens with zero attached hydrogens (tertiary/aromatic N) is 1. The average Bonchev–Trinajstić information content (AvgIpc) is 2.72. The van der Waals surface area contributed by atoms with E-state index in [4.69, 9.17) is 4.74 Å². The van der Waals surface area contributed by atoms with E-state index in [1.54, 1.807) is 18.2 Å². The lowest BCUT2D eigenvalue weighted by molar-refractivity contribution is -0.136. The number of hydrogen-bond acceptors (Lipinski definition) is 4. The van der Waals surface area contributed by atoms with Gasteiger partial charge in [-0.2, -0.15) is 0 Å². The molecule has 0 radical (unpaired) electrons. The van der Waals surface area contributed by atoms with E-state index < -0.39 is 11.8 Å². The summed E-state index contributed by atoms with van der Waals surface area (Å²) in [6.07, 6.45) is 1.67. The van der Waals surface area contributed by atoms with Crippen molar-refractivity contribution in [2.45, 2.75) is 32.4 Å². The Morgan fingerprint density at radius 2 is 1.68 bits per heavy atom. The minimum absolute atomic E-state index is 0.0207. The molecule has 1 fully saturated rings. The molecule has 1 heterocycles. The van der Waals surface area contributed by atoms with Crippen LogP contribution in [0.5, 0.6) is 5.75 Å². The molecule has 1 saturated heterocycles. The second kappa shape index (κ2) is 9.90. The zero-order chi connectivity index (χ0) is 19.8. The first-order valence-corrected chi connectivity index (χ1v) is 9.75. The highest BCUT2D eigenvalue weighted by Crippen LogP contribution is 2.23. The lowest BCUT2D eigenvalue weighted by Gasteiger charge is -2.32. The third-order valence-corrected chi connectivity index (χ3v) is 4.81. The Morgan fingerprint density at radius 1 is 1.00 bits per heavy atom. The number of hydrogen-bond donors (Lipinski definition) is 2. The Balaban J connectivity index is 1.46. The molecule has 0 saturated carbocycles. The number of para-hydroxylation sites is 2. The van der Waals surface area contributed by atoms with Crippen LogP contribution in [-0.2, 0) is 16.1 Å². The number of carbonyl (C=O) groups is 2. The van der Waals surface area contributed by atoms with Gasteiger partial charge in [-0.3, -0.25) is 14.5 Å². The van der Waals surface area contributed by atoms with Crippen LogP contribution in [0, 0.1) is 0 Å². The summed E-state index contributed by atoms with van der Waals surface area (Å²) in [6, 6.07) is 17.5. The molecule has 2 amide bonds. The van der Waals surface area contributed by atoms with Crippen molar-refractivity contribution in [2.75, 3.05) is 25.0 Å². The first kappa shape index (κ1) is 19.9. The number of rotatable bonds is 6. The molecule has 6 nitrogen and oxygen atoms in total. The summed E-state index contributed by atoms with van der Waals surface area (Å²) in [5.74, 6) is -0.716. The molecule has 2 aromatic carbocycles. The van der Waals surface area contributed by atoms with Gasteiger partial charge in [-0.15, -0.1) is 0 Å². The standard InChI is InChI=1S/C22H27N3O3/c1-2-28-20-11-7-6-10-19(20)24-22(27)21(26)23-18-12-14-25(15-13-18)16-17-8-4-3-5-9-17/h3-11,18H,2,12-16H2,1H3,(H,23,26)(H,24,27). The van der Waals surface area contributed by atoms with Crippen molar-refractivity contribution in [2.24, 2.45) is 0 Å². The molecule has 1 aliphatic rings. The van der Waals surface area contributed by atoms with E-state index in [1.807, 2.05) is 31.2 Å². The van der Waals surface area contributed by atoms with Gasteiger partial charge >= 0.3 is 11.8 Å². The summed E-state index contributed by atoms with van der Waals surface area (Å²) >= 11 is 0. The predicted molar refractivity (Wildman–Crippen MR) is 109 cm³/mol. The smallest absolute Gasteiger partial charge is 0.313 e. The van der Waals surface area contributed by atoms with Gasteiger partial charge in [0.2, 0.25) is 0 Å². The largest absolute Gasteiger partial charge is 0.492 e. The zero-order valence-corrected chi connectivity index (χ0v) is 16.2. The van der Waals surface area contributed by atoms with Crippen LogP contribution in [-0.4, -0.2) is 42.5 Å². The molecular formula is C22H27N3O3. The molecule has 28 heavy (non-hydrogen) atoms. The lowest BCUT2D eigenvalue weighted by Crippen LogP contribution is -2.47. The molecule has 0 unspecified atom stereocenters.